The van der Waals surface area contributed by atoms with Gasteiger partial charge in [0.25, 0.3) is 11.6 Å². The summed E-state index contributed by atoms with van der Waals surface area (Å²) in [6, 6.07) is 13.7. The molecule has 45 heavy (non-hydrogen) atoms. The molecule has 0 radical (unpaired) electrons. The molecule has 238 valence electrons. The van der Waals surface area contributed by atoms with Crippen molar-refractivity contribution in [3.63, 3.8) is 0 Å². The maximum atomic E-state index is 12.9. The number of hydrogen-bond acceptors (Lipinski definition) is 11. The third-order valence-corrected chi connectivity index (χ3v) is 8.31. The summed E-state index contributed by atoms with van der Waals surface area (Å²) in [5.41, 5.74) is 1.58. The normalized spacial score (nSPS) is 21.4. The molecular formula is C28H24Cl3N3O10S. The molecule has 0 aliphatic carbocycles. The van der Waals surface area contributed by atoms with Crippen LogP contribution in [0.15, 0.2) is 66.4 Å². The number of alkyl halides is 3. The summed E-state index contributed by atoms with van der Waals surface area (Å²) in [5, 5.41) is 8.78. The number of nitro groups is 1. The van der Waals surface area contributed by atoms with E-state index in [0.29, 0.717) is 16.8 Å². The highest BCUT2D eigenvalue weighted by Crippen LogP contribution is 2.44. The Morgan fingerprint density at radius 3 is 2.18 bits per heavy atom. The van der Waals surface area contributed by atoms with Gasteiger partial charge in [-0.1, -0.05) is 53.0 Å². The van der Waals surface area contributed by atoms with Crippen LogP contribution in [-0.4, -0.2) is 73.2 Å². The molecule has 0 bridgehead atoms. The van der Waals surface area contributed by atoms with Gasteiger partial charge in [-0.3, -0.25) is 34.2 Å². The summed E-state index contributed by atoms with van der Waals surface area (Å²) in [7, 11) is 0. The minimum absolute atomic E-state index is 0.0110. The highest BCUT2D eigenvalue weighted by molar-refractivity contribution is 8.01. The SMILES string of the molecule is CC(=O)OCC1=CN2C(=O)C(N(C(C)=O)c3ccccc3)[C@H]2SC1C(=O)OCC(Cl)(Cl)Cl.O=C1OC1c1ccc([N+](=O)[O-])cc1. The Morgan fingerprint density at radius 2 is 1.67 bits per heavy atom. The number of benzene rings is 2. The minimum atomic E-state index is -1.80. The van der Waals surface area contributed by atoms with Crippen LogP contribution < -0.4 is 4.90 Å². The lowest BCUT2D eigenvalue weighted by atomic mass is 10.0. The van der Waals surface area contributed by atoms with E-state index in [1.807, 2.05) is 0 Å². The van der Waals surface area contributed by atoms with Crippen molar-refractivity contribution in [2.75, 3.05) is 18.1 Å². The number of amides is 2. The number of carbonyl (C=O) groups is 5. The number of thioether (sulfide) groups is 1. The van der Waals surface area contributed by atoms with Gasteiger partial charge in [-0.2, -0.15) is 0 Å². The van der Waals surface area contributed by atoms with Crippen molar-refractivity contribution >= 4 is 87.7 Å². The highest BCUT2D eigenvalue weighted by Gasteiger charge is 2.56. The van der Waals surface area contributed by atoms with E-state index >= 15 is 0 Å². The van der Waals surface area contributed by atoms with Gasteiger partial charge in [0.05, 0.1) is 4.92 Å². The van der Waals surface area contributed by atoms with Crippen molar-refractivity contribution in [1.82, 2.24) is 4.90 Å². The largest absolute Gasteiger partial charge is 0.461 e. The monoisotopic (exact) mass is 699 g/mol. The van der Waals surface area contributed by atoms with E-state index in [2.05, 4.69) is 4.74 Å². The van der Waals surface area contributed by atoms with Crippen molar-refractivity contribution in [2.24, 2.45) is 0 Å². The third-order valence-electron chi connectivity index (χ3n) is 6.45. The van der Waals surface area contributed by atoms with Crippen LogP contribution in [0.4, 0.5) is 11.4 Å². The van der Waals surface area contributed by atoms with Crippen LogP contribution in [0.2, 0.25) is 0 Å². The number of fused-ring (bicyclic) bond motifs is 1. The second kappa shape index (κ2) is 14.1. The number of non-ortho nitro benzene ring substituents is 1. The molecule has 0 spiro atoms. The lowest BCUT2D eigenvalue weighted by molar-refractivity contribution is -0.384. The van der Waals surface area contributed by atoms with Crippen LogP contribution in [0.5, 0.6) is 0 Å². The number of halogens is 3. The van der Waals surface area contributed by atoms with Gasteiger partial charge < -0.3 is 19.1 Å². The van der Waals surface area contributed by atoms with Crippen molar-refractivity contribution in [3.05, 3.63) is 82.0 Å². The van der Waals surface area contributed by atoms with Gasteiger partial charge in [-0.05, 0) is 24.3 Å². The Balaban J connectivity index is 0.000000293. The van der Waals surface area contributed by atoms with E-state index in [1.165, 1.54) is 54.1 Å². The second-order valence-electron chi connectivity index (χ2n) is 9.69. The van der Waals surface area contributed by atoms with Crippen molar-refractivity contribution in [1.29, 1.82) is 0 Å². The molecule has 0 N–H and O–H groups in total. The number of hydrogen-bond donors (Lipinski definition) is 0. The van der Waals surface area contributed by atoms with Crippen LogP contribution in [0.3, 0.4) is 0 Å². The molecule has 3 heterocycles. The zero-order valence-corrected chi connectivity index (χ0v) is 26.5. The Hall–Kier alpha value is -3.85. The molecule has 0 aromatic heterocycles. The number of anilines is 1. The Morgan fingerprint density at radius 1 is 1.04 bits per heavy atom. The number of nitrogens with zero attached hydrogens (tertiary/aromatic N) is 3. The first-order chi connectivity index (χ1) is 21.2. The number of β-lactam (4-membered cyclic amide) rings is 1. The van der Waals surface area contributed by atoms with E-state index in [0.717, 1.165) is 11.8 Å². The lowest BCUT2D eigenvalue weighted by Crippen LogP contribution is -2.70. The van der Waals surface area contributed by atoms with E-state index in [-0.39, 0.29) is 30.1 Å². The molecular weight excluding hydrogens is 677 g/mol. The molecule has 3 unspecified atom stereocenters. The van der Waals surface area contributed by atoms with Crippen LogP contribution >= 0.6 is 46.6 Å². The zero-order valence-electron chi connectivity index (χ0n) is 23.5. The Kier molecular flexibility index (Phi) is 10.6. The van der Waals surface area contributed by atoms with Gasteiger partial charge in [0.1, 0.15) is 29.9 Å². The molecule has 2 saturated heterocycles. The molecule has 4 atom stereocenters. The molecule has 5 rings (SSSR count). The van der Waals surface area contributed by atoms with Crippen LogP contribution in [-0.2, 0) is 38.2 Å². The molecule has 2 fully saturated rings. The maximum absolute atomic E-state index is 12.9. The van der Waals surface area contributed by atoms with Crippen LogP contribution in [0.1, 0.15) is 25.5 Å². The number of rotatable bonds is 8. The fourth-order valence-electron chi connectivity index (χ4n) is 4.38. The van der Waals surface area contributed by atoms with Gasteiger partial charge in [-0.25, -0.2) is 4.79 Å². The molecule has 3 aliphatic heterocycles. The smallest absolute Gasteiger partial charge is 0.353 e. The van der Waals surface area contributed by atoms with Crippen LogP contribution in [0.25, 0.3) is 0 Å². The van der Waals surface area contributed by atoms with Crippen molar-refractivity contribution in [3.8, 4) is 0 Å². The number of cyclic esters (lactones) is 1. The zero-order chi connectivity index (χ0) is 33.1. The summed E-state index contributed by atoms with van der Waals surface area (Å²) in [6.45, 7) is 1.90. The van der Waals surface area contributed by atoms with E-state index in [1.54, 1.807) is 30.3 Å². The first-order valence-corrected chi connectivity index (χ1v) is 15.1. The number of esters is 2. The highest BCUT2D eigenvalue weighted by atomic mass is 35.6. The average molecular weight is 701 g/mol. The second-order valence-corrected chi connectivity index (χ2v) is 13.4. The molecule has 13 nitrogen and oxygen atoms in total. The fourth-order valence-corrected chi connectivity index (χ4v) is 5.98. The molecule has 2 aromatic rings. The fraction of sp³-hybridized carbons (Fsp3) is 0.321. The third kappa shape index (κ3) is 8.45. The number of epoxide rings is 1. The topological polar surface area (TPSA) is 166 Å². The van der Waals surface area contributed by atoms with E-state index in [9.17, 15) is 34.1 Å². The first kappa shape index (κ1) is 34.0. The number of para-hydroxylation sites is 1. The maximum Gasteiger partial charge on any atom is 0.353 e. The van der Waals surface area contributed by atoms with Crippen molar-refractivity contribution < 1.29 is 43.1 Å². The molecule has 3 aliphatic rings. The predicted octanol–water partition coefficient (Wildman–Crippen LogP) is 4.24. The van der Waals surface area contributed by atoms with Gasteiger partial charge in [0, 0.05) is 49.0 Å². The predicted molar refractivity (Wildman–Crippen MR) is 163 cm³/mol. The number of carbonyl (C=O) groups excluding carboxylic acids is 5. The quantitative estimate of drug-likeness (QED) is 0.0735. The molecule has 0 saturated carbocycles. The first-order valence-electron chi connectivity index (χ1n) is 13.0. The Bertz CT molecular complexity index is 1530. The molecule has 2 amide bonds. The minimum Gasteiger partial charge on any atom is -0.461 e. The summed E-state index contributed by atoms with van der Waals surface area (Å²) in [5.74, 6) is -2.19. The molecule has 2 aromatic carbocycles. The van der Waals surface area contributed by atoms with Gasteiger partial charge in [-0.15, -0.1) is 11.8 Å². The van der Waals surface area contributed by atoms with Crippen molar-refractivity contribution in [2.45, 2.75) is 40.4 Å². The number of ether oxygens (including phenoxy) is 3. The Labute approximate surface area is 275 Å². The van der Waals surface area contributed by atoms with Crippen LogP contribution in [0, 0.1) is 10.1 Å². The summed E-state index contributed by atoms with van der Waals surface area (Å²) in [4.78, 5) is 72.5. The van der Waals surface area contributed by atoms with E-state index < -0.39 is 50.0 Å². The summed E-state index contributed by atoms with van der Waals surface area (Å²) >= 11 is 18.1. The van der Waals surface area contributed by atoms with Gasteiger partial charge >= 0.3 is 17.9 Å². The van der Waals surface area contributed by atoms with Gasteiger partial charge in [0.15, 0.2) is 0 Å². The summed E-state index contributed by atoms with van der Waals surface area (Å²) in [6.07, 6.45) is 0.953. The number of nitro benzene ring substituents is 1. The van der Waals surface area contributed by atoms with Gasteiger partial charge in [0.2, 0.25) is 15.8 Å². The lowest BCUT2D eigenvalue weighted by Gasteiger charge is -2.52. The van der Waals surface area contributed by atoms with E-state index in [4.69, 9.17) is 44.3 Å². The summed E-state index contributed by atoms with van der Waals surface area (Å²) < 4.78 is 12.9. The molecule has 17 heteroatoms. The average Bonchev–Trinajstić information content (AvgIpc) is 3.73. The standard InChI is InChI=1S/C20H19Cl3N2O6S.C8H5NO4/c1-11(26)25(14-6-4-3-5-7-14)15-17(28)24-8-13(9-30-12(2)27)16(32-18(15)24)19(29)31-10-20(21,22)23;10-8-7(13-8)5-1-3-6(4-2-5)9(11)12/h3-8,15-16,18H,9-10H2,1-2H3;1-4,7H/t15?,16?,18-;/m1./s1.